The molecular formula is C18H12N2O3. The van der Waals surface area contributed by atoms with Gasteiger partial charge in [0.1, 0.15) is 11.3 Å². The highest BCUT2D eigenvalue weighted by atomic mass is 16.5. The number of para-hydroxylation sites is 1. The molecule has 0 saturated carbocycles. The van der Waals surface area contributed by atoms with Crippen molar-refractivity contribution in [2.45, 2.75) is 0 Å². The van der Waals surface area contributed by atoms with E-state index in [0.717, 1.165) is 22.0 Å². The predicted octanol–water partition coefficient (Wildman–Crippen LogP) is 3.64. The molecule has 23 heavy (non-hydrogen) atoms. The molecule has 1 heterocycles. The van der Waals surface area contributed by atoms with Crippen molar-refractivity contribution >= 4 is 38.8 Å². The third-order valence-corrected chi connectivity index (χ3v) is 3.89. The molecule has 0 unspecified atom stereocenters. The molecule has 3 aromatic carbocycles. The minimum absolute atomic E-state index is 0.155. The largest absolute Gasteiger partial charge is 0.497 e. The van der Waals surface area contributed by atoms with Gasteiger partial charge >= 0.3 is 5.97 Å². The van der Waals surface area contributed by atoms with Gasteiger partial charge in [0, 0.05) is 5.39 Å². The van der Waals surface area contributed by atoms with Gasteiger partial charge < -0.3 is 9.84 Å². The van der Waals surface area contributed by atoms with Gasteiger partial charge in [-0.3, -0.25) is 0 Å². The van der Waals surface area contributed by atoms with Crippen molar-refractivity contribution in [1.29, 1.82) is 0 Å². The van der Waals surface area contributed by atoms with Crippen LogP contribution in [0.25, 0.3) is 32.8 Å². The summed E-state index contributed by atoms with van der Waals surface area (Å²) in [6, 6.07) is 14.5. The first-order valence-electron chi connectivity index (χ1n) is 7.08. The monoisotopic (exact) mass is 304 g/mol. The Bertz CT molecular complexity index is 1090. The average molecular weight is 304 g/mol. The summed E-state index contributed by atoms with van der Waals surface area (Å²) in [5, 5.41) is 11.2. The van der Waals surface area contributed by atoms with Gasteiger partial charge in [0.2, 0.25) is 0 Å². The number of ether oxygens (including phenoxy) is 1. The van der Waals surface area contributed by atoms with E-state index in [1.807, 2.05) is 30.3 Å². The molecule has 0 radical (unpaired) electrons. The highest BCUT2D eigenvalue weighted by Crippen LogP contribution is 2.28. The molecular weight excluding hydrogens is 292 g/mol. The third-order valence-electron chi connectivity index (χ3n) is 3.89. The highest BCUT2D eigenvalue weighted by molar-refractivity contribution is 6.08. The smallest absolute Gasteiger partial charge is 0.337 e. The summed E-state index contributed by atoms with van der Waals surface area (Å²) in [4.78, 5) is 20.6. The lowest BCUT2D eigenvalue weighted by atomic mass is 10.1. The van der Waals surface area contributed by atoms with Crippen LogP contribution >= 0.6 is 0 Å². The highest BCUT2D eigenvalue weighted by Gasteiger charge is 2.13. The molecule has 0 fully saturated rings. The summed E-state index contributed by atoms with van der Waals surface area (Å²) in [7, 11) is 1.62. The summed E-state index contributed by atoms with van der Waals surface area (Å²) in [6.07, 6.45) is 0. The molecule has 1 aromatic heterocycles. The lowest BCUT2D eigenvalue weighted by molar-refractivity contribution is 0.0699. The maximum atomic E-state index is 11.4. The lowest BCUT2D eigenvalue weighted by Crippen LogP contribution is -2.00. The number of carboxylic acid groups (broad SMARTS) is 1. The van der Waals surface area contributed by atoms with Gasteiger partial charge in [-0.25, -0.2) is 14.8 Å². The Hall–Kier alpha value is -3.21. The normalized spacial score (nSPS) is 11.2. The van der Waals surface area contributed by atoms with Crippen molar-refractivity contribution in [2.24, 2.45) is 0 Å². The Morgan fingerprint density at radius 3 is 2.61 bits per heavy atom. The van der Waals surface area contributed by atoms with Gasteiger partial charge in [0.25, 0.3) is 0 Å². The standard InChI is InChI=1S/C18H12N2O3/c1-23-11-6-7-12-10(9-11)5-8-15-16(12)20-17-13(18(21)22)3-2-4-14(17)19-15/h2-9H,1H3,(H,21,22). The minimum Gasteiger partial charge on any atom is -0.497 e. The summed E-state index contributed by atoms with van der Waals surface area (Å²) >= 11 is 0. The van der Waals surface area contributed by atoms with E-state index in [4.69, 9.17) is 4.74 Å². The number of nitrogens with zero attached hydrogens (tertiary/aromatic N) is 2. The summed E-state index contributed by atoms with van der Waals surface area (Å²) in [6.45, 7) is 0. The first-order valence-corrected chi connectivity index (χ1v) is 7.08. The van der Waals surface area contributed by atoms with Gasteiger partial charge in [-0.1, -0.05) is 12.1 Å². The van der Waals surface area contributed by atoms with E-state index in [0.29, 0.717) is 16.6 Å². The molecule has 0 spiro atoms. The topological polar surface area (TPSA) is 72.3 Å². The molecule has 0 amide bonds. The fraction of sp³-hybridized carbons (Fsp3) is 0.0556. The number of hydrogen-bond acceptors (Lipinski definition) is 4. The fourth-order valence-corrected chi connectivity index (χ4v) is 2.77. The van der Waals surface area contributed by atoms with Crippen LogP contribution in [-0.4, -0.2) is 28.2 Å². The quantitative estimate of drug-likeness (QED) is 0.452. The Morgan fingerprint density at radius 2 is 1.83 bits per heavy atom. The Kier molecular flexibility index (Phi) is 2.87. The van der Waals surface area contributed by atoms with Gasteiger partial charge in [-0.15, -0.1) is 0 Å². The Balaban J connectivity index is 2.14. The number of rotatable bonds is 2. The van der Waals surface area contributed by atoms with Gasteiger partial charge in [-0.05, 0) is 41.8 Å². The predicted molar refractivity (Wildman–Crippen MR) is 88.1 cm³/mol. The minimum atomic E-state index is -1.01. The number of hydrogen-bond donors (Lipinski definition) is 1. The molecule has 0 atom stereocenters. The summed E-state index contributed by atoms with van der Waals surface area (Å²) in [5.41, 5.74) is 2.55. The van der Waals surface area contributed by atoms with Crippen LogP contribution in [0.15, 0.2) is 48.5 Å². The molecule has 0 aliphatic rings. The van der Waals surface area contributed by atoms with Crippen LogP contribution in [0, 0.1) is 0 Å². The SMILES string of the molecule is COc1ccc2c(ccc3nc4cccc(C(=O)O)c4nc32)c1. The third kappa shape index (κ3) is 2.05. The van der Waals surface area contributed by atoms with E-state index in [9.17, 15) is 9.90 Å². The molecule has 0 saturated heterocycles. The van der Waals surface area contributed by atoms with Crippen LogP contribution in [0.3, 0.4) is 0 Å². The maximum absolute atomic E-state index is 11.4. The zero-order valence-electron chi connectivity index (χ0n) is 12.3. The van der Waals surface area contributed by atoms with E-state index < -0.39 is 5.97 Å². The number of aromatic nitrogens is 2. The molecule has 4 aromatic rings. The second kappa shape index (κ2) is 4.91. The fourth-order valence-electron chi connectivity index (χ4n) is 2.77. The summed E-state index contributed by atoms with van der Waals surface area (Å²) in [5.74, 6) is -0.247. The van der Waals surface area contributed by atoms with E-state index in [-0.39, 0.29) is 5.56 Å². The first-order chi connectivity index (χ1) is 11.2. The van der Waals surface area contributed by atoms with Crippen LogP contribution in [0.2, 0.25) is 0 Å². The molecule has 112 valence electrons. The number of carboxylic acids is 1. The number of benzene rings is 3. The van der Waals surface area contributed by atoms with Crippen molar-refractivity contribution in [3.63, 3.8) is 0 Å². The number of carbonyl (C=O) groups is 1. The van der Waals surface area contributed by atoms with Crippen molar-refractivity contribution in [2.75, 3.05) is 7.11 Å². The summed E-state index contributed by atoms with van der Waals surface area (Å²) < 4.78 is 5.24. The second-order valence-electron chi connectivity index (χ2n) is 5.22. The molecule has 1 N–H and O–H groups in total. The molecule has 0 aliphatic carbocycles. The van der Waals surface area contributed by atoms with Crippen LogP contribution < -0.4 is 4.74 Å². The van der Waals surface area contributed by atoms with Crippen molar-refractivity contribution < 1.29 is 14.6 Å². The van der Waals surface area contributed by atoms with Crippen LogP contribution in [0.5, 0.6) is 5.75 Å². The van der Waals surface area contributed by atoms with Crippen molar-refractivity contribution in [3.8, 4) is 5.75 Å². The molecule has 0 aliphatic heterocycles. The zero-order chi connectivity index (χ0) is 16.0. The van der Waals surface area contributed by atoms with E-state index in [2.05, 4.69) is 9.97 Å². The number of aromatic carboxylic acids is 1. The first kappa shape index (κ1) is 13.5. The molecule has 5 nitrogen and oxygen atoms in total. The van der Waals surface area contributed by atoms with Crippen LogP contribution in [0.1, 0.15) is 10.4 Å². The van der Waals surface area contributed by atoms with Crippen LogP contribution in [0.4, 0.5) is 0 Å². The van der Waals surface area contributed by atoms with Gasteiger partial charge in [0.15, 0.2) is 0 Å². The van der Waals surface area contributed by atoms with E-state index in [1.165, 1.54) is 0 Å². The maximum Gasteiger partial charge on any atom is 0.337 e. The Morgan fingerprint density at radius 1 is 1.00 bits per heavy atom. The molecule has 0 bridgehead atoms. The average Bonchev–Trinajstić information content (AvgIpc) is 2.58. The number of methoxy groups -OCH3 is 1. The zero-order valence-corrected chi connectivity index (χ0v) is 12.3. The van der Waals surface area contributed by atoms with Crippen molar-refractivity contribution in [3.05, 3.63) is 54.1 Å². The van der Waals surface area contributed by atoms with Gasteiger partial charge in [-0.2, -0.15) is 0 Å². The molecule has 5 heteroatoms. The van der Waals surface area contributed by atoms with Crippen LogP contribution in [-0.2, 0) is 0 Å². The molecule has 4 rings (SSSR count). The lowest BCUT2D eigenvalue weighted by Gasteiger charge is -2.07. The second-order valence-corrected chi connectivity index (χ2v) is 5.22. The van der Waals surface area contributed by atoms with E-state index >= 15 is 0 Å². The van der Waals surface area contributed by atoms with Gasteiger partial charge in [0.05, 0.1) is 29.2 Å². The van der Waals surface area contributed by atoms with Crippen molar-refractivity contribution in [1.82, 2.24) is 9.97 Å². The number of fused-ring (bicyclic) bond motifs is 4. The van der Waals surface area contributed by atoms with E-state index in [1.54, 1.807) is 25.3 Å². The Labute approximate surface area is 131 Å².